The van der Waals surface area contributed by atoms with E-state index in [1.165, 1.54) is 6.92 Å². The highest BCUT2D eigenvalue weighted by Gasteiger charge is 2.33. The fraction of sp³-hybridized carbons (Fsp3) is 0.900. The standard InChI is InChI=1S/C10H22N2O/c1-7(13)8(11)9(2,3)6-10(4,5)12/h8H,6,11-12H2,1-5H3. The number of rotatable bonds is 4. The Balaban J connectivity index is 4.48. The lowest BCUT2D eigenvalue weighted by Gasteiger charge is -2.35. The van der Waals surface area contributed by atoms with E-state index in [1.807, 2.05) is 27.7 Å². The Kier molecular flexibility index (Phi) is 3.64. The Morgan fingerprint density at radius 2 is 1.69 bits per heavy atom. The second-order valence-corrected chi connectivity index (χ2v) is 5.24. The minimum absolute atomic E-state index is 0.0225. The number of carbonyl (C=O) groups excluding carboxylic acids is 1. The van der Waals surface area contributed by atoms with Gasteiger partial charge in [-0.2, -0.15) is 0 Å². The van der Waals surface area contributed by atoms with E-state index < -0.39 is 6.04 Å². The molecule has 4 N–H and O–H groups in total. The van der Waals surface area contributed by atoms with Gasteiger partial charge >= 0.3 is 0 Å². The van der Waals surface area contributed by atoms with Gasteiger partial charge in [0.05, 0.1) is 6.04 Å². The van der Waals surface area contributed by atoms with Gasteiger partial charge in [-0.15, -0.1) is 0 Å². The molecule has 0 aromatic carbocycles. The van der Waals surface area contributed by atoms with Crippen LogP contribution in [0.5, 0.6) is 0 Å². The quantitative estimate of drug-likeness (QED) is 0.689. The molecular formula is C10H22N2O. The molecule has 0 spiro atoms. The maximum absolute atomic E-state index is 11.1. The molecule has 0 amide bonds. The topological polar surface area (TPSA) is 69.1 Å². The van der Waals surface area contributed by atoms with Crippen LogP contribution >= 0.6 is 0 Å². The van der Waals surface area contributed by atoms with Crippen LogP contribution in [0, 0.1) is 5.41 Å². The highest BCUT2D eigenvalue weighted by molar-refractivity contribution is 5.82. The largest absolute Gasteiger partial charge is 0.326 e. The van der Waals surface area contributed by atoms with Crippen molar-refractivity contribution in [3.63, 3.8) is 0 Å². The molecule has 0 aliphatic carbocycles. The summed E-state index contributed by atoms with van der Waals surface area (Å²) in [6.07, 6.45) is 0.737. The number of hydrogen-bond acceptors (Lipinski definition) is 3. The summed E-state index contributed by atoms with van der Waals surface area (Å²) in [5, 5.41) is 0. The van der Waals surface area contributed by atoms with Crippen molar-refractivity contribution in [2.45, 2.75) is 52.6 Å². The Labute approximate surface area is 80.9 Å². The maximum atomic E-state index is 11.1. The van der Waals surface area contributed by atoms with Gasteiger partial charge in [0.2, 0.25) is 0 Å². The molecule has 0 bridgehead atoms. The molecule has 0 radical (unpaired) electrons. The molecule has 0 saturated heterocycles. The van der Waals surface area contributed by atoms with Crippen LogP contribution in [0.15, 0.2) is 0 Å². The van der Waals surface area contributed by atoms with Crippen molar-refractivity contribution >= 4 is 5.78 Å². The van der Waals surface area contributed by atoms with Crippen molar-refractivity contribution in [1.82, 2.24) is 0 Å². The smallest absolute Gasteiger partial charge is 0.147 e. The molecule has 0 heterocycles. The van der Waals surface area contributed by atoms with E-state index in [2.05, 4.69) is 0 Å². The van der Waals surface area contributed by atoms with Crippen LogP contribution in [0.4, 0.5) is 0 Å². The van der Waals surface area contributed by atoms with Crippen molar-refractivity contribution < 1.29 is 4.79 Å². The molecular weight excluding hydrogens is 164 g/mol. The maximum Gasteiger partial charge on any atom is 0.147 e. The zero-order valence-corrected chi connectivity index (χ0v) is 9.35. The van der Waals surface area contributed by atoms with Crippen LogP contribution in [-0.4, -0.2) is 17.4 Å². The summed E-state index contributed by atoms with van der Waals surface area (Å²) in [5.41, 5.74) is 11.2. The minimum atomic E-state index is -0.421. The summed E-state index contributed by atoms with van der Waals surface area (Å²) in [6.45, 7) is 9.38. The number of hydrogen-bond donors (Lipinski definition) is 2. The molecule has 0 aliphatic rings. The molecule has 1 atom stereocenters. The van der Waals surface area contributed by atoms with Gasteiger partial charge < -0.3 is 11.5 Å². The van der Waals surface area contributed by atoms with E-state index in [-0.39, 0.29) is 16.7 Å². The molecule has 3 nitrogen and oxygen atoms in total. The third-order valence-corrected chi connectivity index (χ3v) is 2.19. The molecule has 0 rings (SSSR count). The first-order valence-electron chi connectivity index (χ1n) is 4.61. The Hall–Kier alpha value is -0.410. The first-order chi connectivity index (χ1) is 5.56. The van der Waals surface area contributed by atoms with Gasteiger partial charge in [-0.05, 0) is 32.6 Å². The van der Waals surface area contributed by atoms with E-state index in [0.29, 0.717) is 0 Å². The second kappa shape index (κ2) is 3.76. The highest BCUT2D eigenvalue weighted by atomic mass is 16.1. The third-order valence-electron chi connectivity index (χ3n) is 2.19. The molecule has 0 saturated carbocycles. The first-order valence-corrected chi connectivity index (χ1v) is 4.61. The van der Waals surface area contributed by atoms with E-state index in [1.54, 1.807) is 0 Å². The van der Waals surface area contributed by atoms with Crippen LogP contribution in [-0.2, 0) is 4.79 Å². The van der Waals surface area contributed by atoms with Crippen molar-refractivity contribution in [3.8, 4) is 0 Å². The summed E-state index contributed by atoms with van der Waals surface area (Å²) < 4.78 is 0. The predicted octanol–water partition coefficient (Wildman–Crippen LogP) is 1.06. The number of Topliss-reactive ketones (excluding diaryl/α,β-unsaturated/α-hetero) is 1. The first kappa shape index (κ1) is 12.6. The fourth-order valence-corrected chi connectivity index (χ4v) is 1.83. The summed E-state index contributed by atoms with van der Waals surface area (Å²) in [5.74, 6) is 0.0225. The van der Waals surface area contributed by atoms with Crippen molar-refractivity contribution in [3.05, 3.63) is 0 Å². The van der Waals surface area contributed by atoms with Crippen LogP contribution in [0.2, 0.25) is 0 Å². The molecule has 13 heavy (non-hydrogen) atoms. The van der Waals surface area contributed by atoms with E-state index in [9.17, 15) is 4.79 Å². The van der Waals surface area contributed by atoms with E-state index >= 15 is 0 Å². The lowest BCUT2D eigenvalue weighted by molar-refractivity contribution is -0.120. The van der Waals surface area contributed by atoms with E-state index in [0.717, 1.165) is 6.42 Å². The van der Waals surface area contributed by atoms with Crippen LogP contribution < -0.4 is 11.5 Å². The Morgan fingerprint density at radius 3 is 1.92 bits per heavy atom. The van der Waals surface area contributed by atoms with Gasteiger partial charge in [-0.25, -0.2) is 0 Å². The van der Waals surface area contributed by atoms with Gasteiger partial charge in [0, 0.05) is 5.54 Å². The number of nitrogens with two attached hydrogens (primary N) is 2. The molecule has 78 valence electrons. The molecule has 0 aliphatic heterocycles. The second-order valence-electron chi connectivity index (χ2n) is 5.24. The Bertz CT molecular complexity index is 192. The average Bonchev–Trinajstić information content (AvgIpc) is 1.80. The SMILES string of the molecule is CC(=O)C(N)C(C)(C)CC(C)(C)N. The van der Waals surface area contributed by atoms with Crippen molar-refractivity contribution in [1.29, 1.82) is 0 Å². The molecule has 0 aromatic rings. The zero-order chi connectivity index (χ0) is 10.9. The average molecular weight is 186 g/mol. The van der Waals surface area contributed by atoms with Gasteiger partial charge in [0.1, 0.15) is 5.78 Å². The zero-order valence-electron chi connectivity index (χ0n) is 9.35. The van der Waals surface area contributed by atoms with Crippen LogP contribution in [0.25, 0.3) is 0 Å². The normalized spacial score (nSPS) is 15.6. The van der Waals surface area contributed by atoms with Gasteiger partial charge in [0.25, 0.3) is 0 Å². The summed E-state index contributed by atoms with van der Waals surface area (Å²) in [6, 6.07) is -0.421. The molecule has 0 fully saturated rings. The van der Waals surface area contributed by atoms with Crippen LogP contribution in [0.1, 0.15) is 41.0 Å². The predicted molar refractivity (Wildman–Crippen MR) is 55.3 cm³/mol. The monoisotopic (exact) mass is 186 g/mol. The van der Waals surface area contributed by atoms with Crippen LogP contribution in [0.3, 0.4) is 0 Å². The minimum Gasteiger partial charge on any atom is -0.326 e. The van der Waals surface area contributed by atoms with Gasteiger partial charge in [-0.1, -0.05) is 13.8 Å². The summed E-state index contributed by atoms with van der Waals surface area (Å²) in [7, 11) is 0. The number of carbonyl (C=O) groups is 1. The van der Waals surface area contributed by atoms with Crippen molar-refractivity contribution in [2.24, 2.45) is 16.9 Å². The fourth-order valence-electron chi connectivity index (χ4n) is 1.83. The van der Waals surface area contributed by atoms with Crippen molar-refractivity contribution in [2.75, 3.05) is 0 Å². The summed E-state index contributed by atoms with van der Waals surface area (Å²) >= 11 is 0. The van der Waals surface area contributed by atoms with Gasteiger partial charge in [0.15, 0.2) is 0 Å². The molecule has 0 aromatic heterocycles. The number of ketones is 1. The Morgan fingerprint density at radius 1 is 1.31 bits per heavy atom. The van der Waals surface area contributed by atoms with E-state index in [4.69, 9.17) is 11.5 Å². The van der Waals surface area contributed by atoms with Gasteiger partial charge in [-0.3, -0.25) is 4.79 Å². The highest BCUT2D eigenvalue weighted by Crippen LogP contribution is 2.29. The lowest BCUT2D eigenvalue weighted by atomic mass is 9.74. The summed E-state index contributed by atoms with van der Waals surface area (Å²) in [4.78, 5) is 11.1. The lowest BCUT2D eigenvalue weighted by Crippen LogP contribution is -2.48. The third kappa shape index (κ3) is 4.39. The molecule has 1 unspecified atom stereocenters. The molecule has 3 heteroatoms.